The fourth-order valence-corrected chi connectivity index (χ4v) is 3.01. The highest BCUT2D eigenvalue weighted by molar-refractivity contribution is 5.97. The molecule has 3 rings (SSSR count). The molecule has 0 bridgehead atoms. The number of nitrogens with one attached hydrogen (secondary N) is 1. The monoisotopic (exact) mass is 354 g/mol. The summed E-state index contributed by atoms with van der Waals surface area (Å²) in [4.78, 5) is 21.5. The van der Waals surface area contributed by atoms with Gasteiger partial charge in [-0.3, -0.25) is 4.79 Å². The van der Waals surface area contributed by atoms with E-state index in [4.69, 9.17) is 0 Å². The van der Waals surface area contributed by atoms with Gasteiger partial charge in [-0.15, -0.1) is 0 Å². The smallest absolute Gasteiger partial charge is 0.255 e. The van der Waals surface area contributed by atoms with Crippen LogP contribution in [0.25, 0.3) is 0 Å². The fraction of sp³-hybridized carbons (Fsp3) is 0.400. The Labute approximate surface area is 154 Å². The van der Waals surface area contributed by atoms with Crippen molar-refractivity contribution in [2.24, 2.45) is 0 Å². The molecule has 1 amide bonds. The van der Waals surface area contributed by atoms with Crippen LogP contribution in [0.1, 0.15) is 27.0 Å². The molecule has 6 heteroatoms. The first-order chi connectivity index (χ1) is 12.5. The van der Waals surface area contributed by atoms with Crippen LogP contribution in [-0.4, -0.2) is 54.1 Å². The van der Waals surface area contributed by atoms with E-state index in [1.54, 1.807) is 12.3 Å². The van der Waals surface area contributed by atoms with Crippen molar-refractivity contribution in [2.45, 2.75) is 20.4 Å². The second kappa shape index (κ2) is 7.74. The predicted octanol–water partition coefficient (Wildman–Crippen LogP) is 2.09. The molecule has 1 aromatic carbocycles. The molecule has 2 heterocycles. The standard InChI is InChI=1S/C20H26N4O2/c1-14-4-6-17(19(25)15(14)2)20(26)22-13-16-5-7-18(21-12-16)24-10-8-23(3)9-11-24/h4-7,12,25H,8-11,13H2,1-3H3,(H,22,26). The van der Waals surface area contributed by atoms with Crippen molar-refractivity contribution in [1.82, 2.24) is 15.2 Å². The van der Waals surface area contributed by atoms with Gasteiger partial charge in [0.1, 0.15) is 11.6 Å². The van der Waals surface area contributed by atoms with Crippen molar-refractivity contribution in [2.75, 3.05) is 38.1 Å². The third-order valence-electron chi connectivity index (χ3n) is 5.04. The van der Waals surface area contributed by atoms with Crippen LogP contribution >= 0.6 is 0 Å². The third-order valence-corrected chi connectivity index (χ3v) is 5.04. The first-order valence-corrected chi connectivity index (χ1v) is 8.91. The molecule has 0 atom stereocenters. The highest BCUT2D eigenvalue weighted by atomic mass is 16.3. The van der Waals surface area contributed by atoms with Gasteiger partial charge in [0.05, 0.1) is 5.56 Å². The lowest BCUT2D eigenvalue weighted by Gasteiger charge is -2.33. The molecule has 0 saturated carbocycles. The summed E-state index contributed by atoms with van der Waals surface area (Å²) in [5, 5.41) is 13.0. The van der Waals surface area contributed by atoms with Crippen LogP contribution < -0.4 is 10.2 Å². The lowest BCUT2D eigenvalue weighted by molar-refractivity contribution is 0.0948. The number of carbonyl (C=O) groups excluding carboxylic acids is 1. The van der Waals surface area contributed by atoms with Gasteiger partial charge >= 0.3 is 0 Å². The highest BCUT2D eigenvalue weighted by Gasteiger charge is 2.16. The van der Waals surface area contributed by atoms with E-state index in [0.717, 1.165) is 48.7 Å². The first kappa shape index (κ1) is 18.2. The Kier molecular flexibility index (Phi) is 5.42. The number of benzene rings is 1. The van der Waals surface area contributed by atoms with Gasteiger partial charge in [-0.25, -0.2) is 4.98 Å². The van der Waals surface area contributed by atoms with E-state index in [-0.39, 0.29) is 11.7 Å². The summed E-state index contributed by atoms with van der Waals surface area (Å²) >= 11 is 0. The van der Waals surface area contributed by atoms with Crippen LogP contribution in [0.3, 0.4) is 0 Å². The molecule has 2 aromatic rings. The molecule has 0 radical (unpaired) electrons. The lowest BCUT2D eigenvalue weighted by Crippen LogP contribution is -2.44. The Balaban J connectivity index is 1.60. The van der Waals surface area contributed by atoms with Gasteiger partial charge in [-0.2, -0.15) is 0 Å². The first-order valence-electron chi connectivity index (χ1n) is 8.91. The van der Waals surface area contributed by atoms with Crippen molar-refractivity contribution in [3.63, 3.8) is 0 Å². The Morgan fingerprint density at radius 1 is 1.15 bits per heavy atom. The van der Waals surface area contributed by atoms with Crippen molar-refractivity contribution in [3.05, 3.63) is 52.7 Å². The van der Waals surface area contributed by atoms with Crippen LogP contribution in [0.4, 0.5) is 5.82 Å². The molecule has 0 spiro atoms. The maximum Gasteiger partial charge on any atom is 0.255 e. The Morgan fingerprint density at radius 3 is 2.54 bits per heavy atom. The molecule has 1 aromatic heterocycles. The summed E-state index contributed by atoms with van der Waals surface area (Å²) in [5.41, 5.74) is 2.92. The number of rotatable bonds is 4. The van der Waals surface area contributed by atoms with Crippen molar-refractivity contribution < 1.29 is 9.90 Å². The van der Waals surface area contributed by atoms with Crippen molar-refractivity contribution in [1.29, 1.82) is 0 Å². The quantitative estimate of drug-likeness (QED) is 0.880. The van der Waals surface area contributed by atoms with Crippen LogP contribution in [-0.2, 0) is 6.54 Å². The van der Waals surface area contributed by atoms with Gasteiger partial charge < -0.3 is 20.2 Å². The number of aryl methyl sites for hydroxylation is 1. The summed E-state index contributed by atoms with van der Waals surface area (Å²) in [6.07, 6.45) is 1.80. The number of hydrogen-bond donors (Lipinski definition) is 2. The maximum atomic E-state index is 12.3. The van der Waals surface area contributed by atoms with E-state index in [1.807, 2.05) is 32.0 Å². The molecule has 1 aliphatic rings. The second-order valence-corrected chi connectivity index (χ2v) is 6.90. The number of nitrogens with zero attached hydrogens (tertiary/aromatic N) is 3. The zero-order chi connectivity index (χ0) is 18.7. The minimum Gasteiger partial charge on any atom is -0.507 e. The second-order valence-electron chi connectivity index (χ2n) is 6.90. The predicted molar refractivity (Wildman–Crippen MR) is 103 cm³/mol. The molecular formula is C20H26N4O2. The zero-order valence-corrected chi connectivity index (χ0v) is 15.6. The number of amides is 1. The maximum absolute atomic E-state index is 12.3. The molecule has 0 unspecified atom stereocenters. The van der Waals surface area contributed by atoms with Crippen molar-refractivity contribution >= 4 is 11.7 Å². The van der Waals surface area contributed by atoms with E-state index in [0.29, 0.717) is 12.1 Å². The van der Waals surface area contributed by atoms with E-state index in [1.165, 1.54) is 0 Å². The average molecular weight is 354 g/mol. The molecule has 1 aliphatic heterocycles. The van der Waals surface area contributed by atoms with E-state index in [2.05, 4.69) is 27.1 Å². The number of anilines is 1. The summed E-state index contributed by atoms with van der Waals surface area (Å²) in [7, 11) is 2.13. The Hall–Kier alpha value is -2.60. The molecular weight excluding hydrogens is 328 g/mol. The number of phenolic OH excluding ortho intramolecular Hbond substituents is 1. The van der Waals surface area contributed by atoms with Crippen LogP contribution in [0.15, 0.2) is 30.5 Å². The number of hydrogen-bond acceptors (Lipinski definition) is 5. The lowest BCUT2D eigenvalue weighted by atomic mass is 10.0. The molecule has 26 heavy (non-hydrogen) atoms. The Bertz CT molecular complexity index is 781. The summed E-state index contributed by atoms with van der Waals surface area (Å²) in [5.74, 6) is 0.736. The van der Waals surface area contributed by atoms with Gasteiger partial charge in [0, 0.05) is 38.9 Å². The normalized spacial score (nSPS) is 15.1. The molecule has 138 valence electrons. The number of piperazine rings is 1. The minimum absolute atomic E-state index is 0.0473. The van der Waals surface area contributed by atoms with Crippen LogP contribution in [0.5, 0.6) is 5.75 Å². The van der Waals surface area contributed by atoms with Gasteiger partial charge in [0.15, 0.2) is 0 Å². The molecule has 6 nitrogen and oxygen atoms in total. The fourth-order valence-electron chi connectivity index (χ4n) is 3.01. The third kappa shape index (κ3) is 3.96. The SMILES string of the molecule is Cc1ccc(C(=O)NCc2ccc(N3CCN(C)CC3)nc2)c(O)c1C. The molecule has 1 fully saturated rings. The van der Waals surface area contributed by atoms with Gasteiger partial charge in [-0.1, -0.05) is 12.1 Å². The number of likely N-dealkylation sites (N-methyl/N-ethyl adjacent to an activating group) is 1. The van der Waals surface area contributed by atoms with Gasteiger partial charge in [0.2, 0.25) is 0 Å². The number of aromatic nitrogens is 1. The summed E-state index contributed by atoms with van der Waals surface area (Å²) in [6, 6.07) is 7.49. The Morgan fingerprint density at radius 2 is 1.88 bits per heavy atom. The van der Waals surface area contributed by atoms with E-state index in [9.17, 15) is 9.90 Å². The number of phenols is 1. The zero-order valence-electron chi connectivity index (χ0n) is 15.6. The van der Waals surface area contributed by atoms with E-state index >= 15 is 0 Å². The number of aromatic hydroxyl groups is 1. The largest absolute Gasteiger partial charge is 0.507 e. The van der Waals surface area contributed by atoms with Crippen molar-refractivity contribution in [3.8, 4) is 5.75 Å². The molecule has 0 aliphatic carbocycles. The van der Waals surface area contributed by atoms with Gasteiger partial charge in [0.25, 0.3) is 5.91 Å². The number of carbonyl (C=O) groups is 1. The minimum atomic E-state index is -0.284. The van der Waals surface area contributed by atoms with Crippen LogP contribution in [0.2, 0.25) is 0 Å². The van der Waals surface area contributed by atoms with Gasteiger partial charge in [-0.05, 0) is 49.7 Å². The topological polar surface area (TPSA) is 68.7 Å². The molecule has 1 saturated heterocycles. The summed E-state index contributed by atoms with van der Waals surface area (Å²) in [6.45, 7) is 8.13. The highest BCUT2D eigenvalue weighted by Crippen LogP contribution is 2.24. The summed E-state index contributed by atoms with van der Waals surface area (Å²) < 4.78 is 0. The van der Waals surface area contributed by atoms with E-state index < -0.39 is 0 Å². The molecule has 2 N–H and O–H groups in total. The van der Waals surface area contributed by atoms with Crippen LogP contribution in [0, 0.1) is 13.8 Å². The average Bonchev–Trinajstić information content (AvgIpc) is 2.65. The number of pyridine rings is 1.